The van der Waals surface area contributed by atoms with Gasteiger partial charge in [-0.15, -0.1) is 11.3 Å². The molecule has 5 N–H and O–H groups in total. The first kappa shape index (κ1) is 28.6. The Balaban J connectivity index is 1.95. The number of nitrogens with one attached hydrogen (secondary N) is 2. The van der Waals surface area contributed by atoms with Crippen molar-refractivity contribution in [2.24, 2.45) is 22.7 Å². The van der Waals surface area contributed by atoms with Crippen molar-refractivity contribution in [1.82, 2.24) is 10.3 Å². The second kappa shape index (κ2) is 11.6. The molecular formula is C26H41N3O6S. The van der Waals surface area contributed by atoms with Crippen LogP contribution >= 0.6 is 11.3 Å². The fourth-order valence-corrected chi connectivity index (χ4v) is 7.23. The number of rotatable bonds is 10. The summed E-state index contributed by atoms with van der Waals surface area (Å²) >= 11 is 1.34. The molecule has 2 aliphatic rings. The Kier molecular flexibility index (Phi) is 9.19. The number of aliphatic hydroxyl groups is 3. The lowest BCUT2D eigenvalue weighted by atomic mass is 9.47. The van der Waals surface area contributed by atoms with E-state index in [1.165, 1.54) is 17.4 Å². The quantitative estimate of drug-likeness (QED) is 0.297. The van der Waals surface area contributed by atoms with E-state index in [1.54, 1.807) is 0 Å². The van der Waals surface area contributed by atoms with Gasteiger partial charge in [0.1, 0.15) is 6.61 Å². The van der Waals surface area contributed by atoms with Gasteiger partial charge in [0.2, 0.25) is 5.91 Å². The van der Waals surface area contributed by atoms with E-state index in [4.69, 9.17) is 9.72 Å². The topological polar surface area (TPSA) is 141 Å². The largest absolute Gasteiger partial charge is 0.445 e. The molecular weight excluding hydrogens is 482 g/mol. The zero-order valence-corrected chi connectivity index (χ0v) is 22.6. The molecule has 202 valence electrons. The first-order valence-electron chi connectivity index (χ1n) is 12.7. The molecule has 0 aromatic carbocycles. The minimum absolute atomic E-state index is 0.0784. The number of carbonyl (C=O) groups is 2. The highest BCUT2D eigenvalue weighted by Crippen LogP contribution is 2.62. The Morgan fingerprint density at radius 2 is 2.06 bits per heavy atom. The third kappa shape index (κ3) is 5.77. The zero-order valence-electron chi connectivity index (χ0n) is 21.7. The van der Waals surface area contributed by atoms with Gasteiger partial charge >= 0.3 is 6.09 Å². The van der Waals surface area contributed by atoms with Crippen LogP contribution in [0.2, 0.25) is 0 Å². The Labute approximate surface area is 217 Å². The number of fused-ring (bicyclic) bond motifs is 2. The summed E-state index contributed by atoms with van der Waals surface area (Å²) in [7, 11) is 0. The molecule has 0 radical (unpaired) electrons. The molecule has 0 saturated heterocycles. The molecule has 2 aliphatic carbocycles. The van der Waals surface area contributed by atoms with Crippen LogP contribution in [0.4, 0.5) is 9.93 Å². The molecule has 1 heterocycles. The predicted molar refractivity (Wildman–Crippen MR) is 139 cm³/mol. The molecule has 0 spiro atoms. The van der Waals surface area contributed by atoms with E-state index in [0.29, 0.717) is 36.7 Å². The SMILES string of the molecule is C=CCOC(=O)Nc1nc2c(s1)C[C@H]1[C@](C)(CO)[C@H](O)CC[C@@]1(C)[C@H]2CC(=O)N[C@@H](CO)CC(C)C. The first-order chi connectivity index (χ1) is 17.0. The van der Waals surface area contributed by atoms with Gasteiger partial charge in [-0.1, -0.05) is 40.3 Å². The van der Waals surface area contributed by atoms with Crippen LogP contribution in [0.5, 0.6) is 0 Å². The van der Waals surface area contributed by atoms with Crippen molar-refractivity contribution in [3.05, 3.63) is 23.2 Å². The van der Waals surface area contributed by atoms with Crippen LogP contribution < -0.4 is 10.6 Å². The summed E-state index contributed by atoms with van der Waals surface area (Å²) in [5.41, 5.74) is -0.359. The average Bonchev–Trinajstić information content (AvgIpc) is 3.22. The molecule has 1 aromatic heterocycles. The van der Waals surface area contributed by atoms with Gasteiger partial charge in [-0.2, -0.15) is 0 Å². The normalized spacial score (nSPS) is 30.2. The third-order valence-corrected chi connectivity index (χ3v) is 9.17. The monoisotopic (exact) mass is 523 g/mol. The first-order valence-corrected chi connectivity index (χ1v) is 13.5. The summed E-state index contributed by atoms with van der Waals surface area (Å²) in [4.78, 5) is 31.0. The van der Waals surface area contributed by atoms with Gasteiger partial charge in [0, 0.05) is 22.6 Å². The van der Waals surface area contributed by atoms with E-state index in [2.05, 4.69) is 24.1 Å². The van der Waals surface area contributed by atoms with Crippen molar-refractivity contribution in [3.8, 4) is 0 Å². The molecule has 1 fully saturated rings. The van der Waals surface area contributed by atoms with Crippen molar-refractivity contribution >= 4 is 28.5 Å². The van der Waals surface area contributed by atoms with Gasteiger partial charge in [0.25, 0.3) is 0 Å². The maximum atomic E-state index is 13.2. The molecule has 1 saturated carbocycles. The minimum atomic E-state index is -0.731. The smallest absolute Gasteiger partial charge is 0.413 e. The maximum absolute atomic E-state index is 13.2. The standard InChI is InChI=1S/C26H41N3O6S/c1-6-9-35-24(34)29-23-28-22-17(11-21(33)27-16(13-30)10-15(2)3)25(4)8-7-20(32)26(5,14-31)19(25)12-18(22)36-23/h6,15-17,19-20,30-32H,1,7-14H2,2-5H3,(H,27,33)(H,28,29,34)/t16-,17+,19-,20-,25+,26+/m1/s1. The molecule has 0 aliphatic heterocycles. The maximum Gasteiger partial charge on any atom is 0.413 e. The van der Waals surface area contributed by atoms with Crippen LogP contribution in [0, 0.1) is 22.7 Å². The summed E-state index contributed by atoms with van der Waals surface area (Å²) in [6.07, 6.45) is 2.82. The second-order valence-electron chi connectivity index (χ2n) is 11.2. The van der Waals surface area contributed by atoms with E-state index in [-0.39, 0.29) is 50.0 Å². The van der Waals surface area contributed by atoms with Gasteiger partial charge in [-0.05, 0) is 42.9 Å². The van der Waals surface area contributed by atoms with E-state index in [1.807, 2.05) is 20.8 Å². The third-order valence-electron chi connectivity index (χ3n) is 8.17. The van der Waals surface area contributed by atoms with Crippen LogP contribution in [0.1, 0.15) is 69.9 Å². The van der Waals surface area contributed by atoms with Gasteiger partial charge in [-0.3, -0.25) is 10.1 Å². The van der Waals surface area contributed by atoms with Gasteiger partial charge in [0.15, 0.2) is 5.13 Å². The molecule has 2 amide bonds. The molecule has 10 heteroatoms. The summed E-state index contributed by atoms with van der Waals surface area (Å²) in [5.74, 6) is -0.214. The van der Waals surface area contributed by atoms with Crippen molar-refractivity contribution < 1.29 is 29.6 Å². The summed E-state index contributed by atoms with van der Waals surface area (Å²) < 4.78 is 5.03. The number of thiazole rings is 1. The predicted octanol–water partition coefficient (Wildman–Crippen LogP) is 3.21. The lowest BCUT2D eigenvalue weighted by Gasteiger charge is -2.58. The molecule has 9 nitrogen and oxygen atoms in total. The van der Waals surface area contributed by atoms with Crippen molar-refractivity contribution in [3.63, 3.8) is 0 Å². The molecule has 6 atom stereocenters. The van der Waals surface area contributed by atoms with Crippen LogP contribution in [0.15, 0.2) is 12.7 Å². The van der Waals surface area contributed by atoms with E-state index in [0.717, 1.165) is 10.6 Å². The Morgan fingerprint density at radius 3 is 2.67 bits per heavy atom. The van der Waals surface area contributed by atoms with Crippen molar-refractivity contribution in [2.45, 2.75) is 77.9 Å². The number of carbonyl (C=O) groups excluding carboxylic acids is 2. The number of hydrogen-bond acceptors (Lipinski definition) is 8. The zero-order chi connectivity index (χ0) is 26.7. The fraction of sp³-hybridized carbons (Fsp3) is 0.731. The van der Waals surface area contributed by atoms with Gasteiger partial charge in [0.05, 0.1) is 31.1 Å². The highest BCUT2D eigenvalue weighted by atomic mass is 32.1. The number of aromatic nitrogens is 1. The molecule has 3 rings (SSSR count). The molecule has 0 unspecified atom stereocenters. The molecule has 1 aromatic rings. The highest BCUT2D eigenvalue weighted by Gasteiger charge is 2.59. The van der Waals surface area contributed by atoms with Crippen LogP contribution in [-0.4, -0.2) is 64.3 Å². The van der Waals surface area contributed by atoms with E-state index >= 15 is 0 Å². The minimum Gasteiger partial charge on any atom is -0.445 e. The molecule has 0 bridgehead atoms. The summed E-state index contributed by atoms with van der Waals surface area (Å²) in [5, 5.41) is 37.1. The Bertz CT molecular complexity index is 952. The van der Waals surface area contributed by atoms with E-state index < -0.39 is 23.0 Å². The lowest BCUT2D eigenvalue weighted by molar-refractivity contribution is -0.144. The van der Waals surface area contributed by atoms with Crippen LogP contribution in [-0.2, 0) is 16.0 Å². The second-order valence-corrected chi connectivity index (χ2v) is 12.2. The van der Waals surface area contributed by atoms with Crippen molar-refractivity contribution in [1.29, 1.82) is 0 Å². The Hall–Kier alpha value is -2.01. The molecule has 36 heavy (non-hydrogen) atoms. The van der Waals surface area contributed by atoms with Crippen molar-refractivity contribution in [2.75, 3.05) is 25.1 Å². The number of hydrogen-bond donors (Lipinski definition) is 5. The number of aliphatic hydroxyl groups excluding tert-OH is 3. The fourth-order valence-electron chi connectivity index (χ4n) is 6.18. The van der Waals surface area contributed by atoms with Gasteiger partial charge < -0.3 is 25.4 Å². The number of ether oxygens (including phenoxy) is 1. The number of amides is 2. The van der Waals surface area contributed by atoms with E-state index in [9.17, 15) is 24.9 Å². The van der Waals surface area contributed by atoms with Gasteiger partial charge in [-0.25, -0.2) is 9.78 Å². The van der Waals surface area contributed by atoms with Crippen LogP contribution in [0.3, 0.4) is 0 Å². The number of anilines is 1. The summed E-state index contributed by atoms with van der Waals surface area (Å²) in [6, 6.07) is -0.327. The number of nitrogens with zero attached hydrogens (tertiary/aromatic N) is 1. The van der Waals surface area contributed by atoms with Crippen LogP contribution in [0.25, 0.3) is 0 Å². The average molecular weight is 524 g/mol. The summed E-state index contributed by atoms with van der Waals surface area (Å²) in [6.45, 7) is 11.4. The Morgan fingerprint density at radius 1 is 1.33 bits per heavy atom. The lowest BCUT2D eigenvalue weighted by Crippen LogP contribution is -2.58. The highest BCUT2D eigenvalue weighted by molar-refractivity contribution is 7.15.